The van der Waals surface area contributed by atoms with Gasteiger partial charge in [-0.05, 0) is 24.3 Å². The van der Waals surface area contributed by atoms with E-state index in [1.54, 1.807) is 36.4 Å². The zero-order valence-electron chi connectivity index (χ0n) is 13.1. The Morgan fingerprint density at radius 3 is 2.52 bits per heavy atom. The van der Waals surface area contributed by atoms with Gasteiger partial charge in [-0.2, -0.15) is 0 Å². The van der Waals surface area contributed by atoms with Crippen LogP contribution in [0.15, 0.2) is 48.5 Å². The van der Waals surface area contributed by atoms with E-state index in [4.69, 9.17) is 16.3 Å². The Bertz CT molecular complexity index is 1050. The molecule has 128 valence electrons. The first kappa shape index (κ1) is 17.2. The summed E-state index contributed by atoms with van der Waals surface area (Å²) in [6.07, 6.45) is 1.63. The van der Waals surface area contributed by atoms with E-state index in [1.165, 1.54) is 6.07 Å². The molecule has 0 saturated heterocycles. The number of para-hydroxylation sites is 1. The van der Waals surface area contributed by atoms with Gasteiger partial charge in [-0.15, -0.1) is 0 Å². The number of nitrogens with zero attached hydrogens (tertiary/aromatic N) is 1. The fourth-order valence-electron chi connectivity index (χ4n) is 2.26. The first-order valence-electron chi connectivity index (χ1n) is 7.16. The summed E-state index contributed by atoms with van der Waals surface area (Å²) in [6.45, 7) is 0. The van der Waals surface area contributed by atoms with Gasteiger partial charge in [0.2, 0.25) is 10.0 Å². The number of ether oxygens (including phenoxy) is 1. The Kier molecular flexibility index (Phi) is 4.61. The van der Waals surface area contributed by atoms with Crippen LogP contribution < -0.4 is 9.46 Å². The van der Waals surface area contributed by atoms with Crippen LogP contribution in [0, 0.1) is 0 Å². The number of carbonyl (C=O) groups excluding carboxylic acids is 1. The van der Waals surface area contributed by atoms with Crippen molar-refractivity contribution < 1.29 is 17.9 Å². The van der Waals surface area contributed by atoms with Crippen molar-refractivity contribution in [2.75, 3.05) is 11.0 Å². The average molecular weight is 377 g/mol. The fraction of sp³-hybridized carbons (Fsp3) is 0.0588. The van der Waals surface area contributed by atoms with E-state index in [-0.39, 0.29) is 22.2 Å². The molecule has 0 radical (unpaired) electrons. The molecule has 2 aromatic carbocycles. The number of halogens is 1. The molecule has 3 rings (SSSR count). The molecule has 3 aromatic rings. The second-order valence-corrected chi connectivity index (χ2v) is 7.42. The topological polar surface area (TPSA) is 85.4 Å². The van der Waals surface area contributed by atoms with Crippen LogP contribution in [0.3, 0.4) is 0 Å². The zero-order valence-corrected chi connectivity index (χ0v) is 14.6. The minimum atomic E-state index is -3.53. The lowest BCUT2D eigenvalue weighted by Crippen LogP contribution is -2.10. The molecule has 0 fully saturated rings. The summed E-state index contributed by atoms with van der Waals surface area (Å²) < 4.78 is 31.5. The lowest BCUT2D eigenvalue weighted by Gasteiger charge is -2.14. The third-order valence-electron chi connectivity index (χ3n) is 3.29. The molecule has 8 heteroatoms. The summed E-state index contributed by atoms with van der Waals surface area (Å²) in [5, 5.41) is 0.620. The Morgan fingerprint density at radius 2 is 1.88 bits per heavy atom. The van der Waals surface area contributed by atoms with E-state index in [2.05, 4.69) is 9.71 Å². The zero-order chi connectivity index (χ0) is 18.0. The van der Waals surface area contributed by atoms with Crippen LogP contribution >= 0.6 is 11.6 Å². The molecular weight excluding hydrogens is 364 g/mol. The van der Waals surface area contributed by atoms with Gasteiger partial charge in [0.05, 0.1) is 23.0 Å². The van der Waals surface area contributed by atoms with Crippen molar-refractivity contribution in [1.29, 1.82) is 0 Å². The molecule has 0 aliphatic heterocycles. The van der Waals surface area contributed by atoms with E-state index < -0.39 is 10.0 Å². The molecular formula is C17H13ClN2O4S. The second-order valence-electron chi connectivity index (χ2n) is 5.32. The number of sulfonamides is 1. The van der Waals surface area contributed by atoms with Crippen molar-refractivity contribution in [3.63, 3.8) is 0 Å². The summed E-state index contributed by atoms with van der Waals surface area (Å²) in [5.41, 5.74) is 0.927. The average Bonchev–Trinajstić information content (AvgIpc) is 2.55. The highest BCUT2D eigenvalue weighted by molar-refractivity contribution is 7.92. The highest BCUT2D eigenvalue weighted by Crippen LogP contribution is 2.35. The standard InChI is InChI=1S/C17H13ClN2O4S/c1-25(22,23)20-15-8-11-7-12(10-21)17(18)19-14(11)9-16(15)24-13-5-3-2-4-6-13/h2-10,20H,1H3. The molecule has 0 saturated carbocycles. The number of hydrogen-bond donors (Lipinski definition) is 1. The molecule has 0 spiro atoms. The van der Waals surface area contributed by atoms with E-state index in [1.807, 2.05) is 6.07 Å². The van der Waals surface area contributed by atoms with Crippen molar-refractivity contribution in [3.05, 3.63) is 59.2 Å². The number of anilines is 1. The molecule has 0 amide bonds. The van der Waals surface area contributed by atoms with Gasteiger partial charge in [0.1, 0.15) is 10.9 Å². The summed E-state index contributed by atoms with van der Waals surface area (Å²) >= 11 is 5.97. The molecule has 25 heavy (non-hydrogen) atoms. The van der Waals surface area contributed by atoms with Gasteiger partial charge >= 0.3 is 0 Å². The van der Waals surface area contributed by atoms with Gasteiger partial charge < -0.3 is 4.74 Å². The molecule has 0 atom stereocenters. The maximum absolute atomic E-state index is 11.7. The van der Waals surface area contributed by atoms with Crippen molar-refractivity contribution in [1.82, 2.24) is 4.98 Å². The van der Waals surface area contributed by atoms with Crippen LogP contribution in [-0.2, 0) is 10.0 Å². The SMILES string of the molecule is CS(=O)(=O)Nc1cc2cc(C=O)c(Cl)nc2cc1Oc1ccccc1. The van der Waals surface area contributed by atoms with Gasteiger partial charge in [0, 0.05) is 11.5 Å². The molecule has 6 nitrogen and oxygen atoms in total. The van der Waals surface area contributed by atoms with Crippen LogP contribution in [0.2, 0.25) is 5.15 Å². The van der Waals surface area contributed by atoms with Gasteiger partial charge in [0.15, 0.2) is 12.0 Å². The maximum atomic E-state index is 11.7. The number of aldehydes is 1. The van der Waals surface area contributed by atoms with Crippen LogP contribution in [0.25, 0.3) is 10.9 Å². The molecule has 0 unspecified atom stereocenters. The van der Waals surface area contributed by atoms with Gasteiger partial charge in [-0.25, -0.2) is 13.4 Å². The minimum Gasteiger partial charge on any atom is -0.455 e. The van der Waals surface area contributed by atoms with Gasteiger partial charge in [0.25, 0.3) is 0 Å². The van der Waals surface area contributed by atoms with E-state index in [0.717, 1.165) is 6.26 Å². The highest BCUT2D eigenvalue weighted by Gasteiger charge is 2.14. The molecule has 1 N–H and O–H groups in total. The highest BCUT2D eigenvalue weighted by atomic mass is 35.5. The summed E-state index contributed by atoms with van der Waals surface area (Å²) in [7, 11) is -3.53. The number of nitrogens with one attached hydrogen (secondary N) is 1. The quantitative estimate of drug-likeness (QED) is 0.539. The number of carbonyl (C=O) groups is 1. The van der Waals surface area contributed by atoms with Crippen LogP contribution in [0.4, 0.5) is 5.69 Å². The Morgan fingerprint density at radius 1 is 1.16 bits per heavy atom. The monoisotopic (exact) mass is 376 g/mol. The first-order valence-corrected chi connectivity index (χ1v) is 9.43. The van der Waals surface area contributed by atoms with Crippen molar-refractivity contribution in [2.24, 2.45) is 0 Å². The predicted octanol–water partition coefficient (Wildman–Crippen LogP) is 3.86. The van der Waals surface area contributed by atoms with Crippen LogP contribution in [0.5, 0.6) is 11.5 Å². The van der Waals surface area contributed by atoms with Gasteiger partial charge in [-0.1, -0.05) is 29.8 Å². The normalized spacial score (nSPS) is 11.3. The fourth-order valence-corrected chi connectivity index (χ4v) is 3.01. The number of rotatable bonds is 5. The smallest absolute Gasteiger partial charge is 0.229 e. The number of fused-ring (bicyclic) bond motifs is 1. The summed E-state index contributed by atoms with van der Waals surface area (Å²) in [5.74, 6) is 0.806. The van der Waals surface area contributed by atoms with E-state index in [9.17, 15) is 13.2 Å². The maximum Gasteiger partial charge on any atom is 0.229 e. The lowest BCUT2D eigenvalue weighted by atomic mass is 10.1. The first-order chi connectivity index (χ1) is 11.9. The van der Waals surface area contributed by atoms with E-state index >= 15 is 0 Å². The largest absolute Gasteiger partial charge is 0.455 e. The Hall–Kier alpha value is -2.64. The molecule has 0 bridgehead atoms. The van der Waals surface area contributed by atoms with Crippen LogP contribution in [0.1, 0.15) is 10.4 Å². The van der Waals surface area contributed by atoms with Gasteiger partial charge in [-0.3, -0.25) is 9.52 Å². The molecule has 0 aliphatic carbocycles. The predicted molar refractivity (Wildman–Crippen MR) is 97.1 cm³/mol. The summed E-state index contributed by atoms with van der Waals surface area (Å²) in [6, 6.07) is 13.6. The summed E-state index contributed by atoms with van der Waals surface area (Å²) in [4.78, 5) is 15.2. The Balaban J connectivity index is 2.17. The number of pyridine rings is 1. The number of hydrogen-bond acceptors (Lipinski definition) is 5. The lowest BCUT2D eigenvalue weighted by molar-refractivity contribution is 0.112. The third kappa shape index (κ3) is 4.07. The Labute approximate surface area is 149 Å². The second kappa shape index (κ2) is 6.70. The minimum absolute atomic E-state index is 0.0667. The van der Waals surface area contributed by atoms with Crippen molar-refractivity contribution >= 4 is 44.5 Å². The van der Waals surface area contributed by atoms with E-state index in [0.29, 0.717) is 22.9 Å². The van der Waals surface area contributed by atoms with Crippen molar-refractivity contribution in [3.8, 4) is 11.5 Å². The number of aromatic nitrogens is 1. The molecule has 1 heterocycles. The van der Waals surface area contributed by atoms with Crippen molar-refractivity contribution in [2.45, 2.75) is 0 Å². The van der Waals surface area contributed by atoms with Crippen LogP contribution in [-0.4, -0.2) is 25.9 Å². The number of benzene rings is 2. The molecule has 1 aromatic heterocycles. The third-order valence-corrected chi connectivity index (χ3v) is 4.18. The molecule has 0 aliphatic rings.